The Morgan fingerprint density at radius 1 is 1.39 bits per heavy atom. The second-order valence-electron chi connectivity index (χ2n) is 5.34. The van der Waals surface area contributed by atoms with E-state index in [1.807, 2.05) is 12.3 Å². The van der Waals surface area contributed by atoms with Crippen molar-refractivity contribution in [1.29, 1.82) is 0 Å². The van der Waals surface area contributed by atoms with Crippen molar-refractivity contribution in [3.63, 3.8) is 0 Å². The summed E-state index contributed by atoms with van der Waals surface area (Å²) < 4.78 is 2.28. The first kappa shape index (κ1) is 11.7. The van der Waals surface area contributed by atoms with Gasteiger partial charge < -0.3 is 9.88 Å². The molecular formula is C14H20N4. The molecule has 0 atom stereocenters. The van der Waals surface area contributed by atoms with E-state index in [0.717, 1.165) is 43.6 Å². The van der Waals surface area contributed by atoms with Crippen LogP contribution in [-0.2, 0) is 12.0 Å². The van der Waals surface area contributed by atoms with Crippen molar-refractivity contribution >= 4 is 11.2 Å². The van der Waals surface area contributed by atoms with Crippen LogP contribution in [0.25, 0.3) is 11.2 Å². The van der Waals surface area contributed by atoms with Gasteiger partial charge >= 0.3 is 0 Å². The Hall–Kier alpha value is -1.42. The molecule has 4 heteroatoms. The maximum atomic E-state index is 4.85. The van der Waals surface area contributed by atoms with Gasteiger partial charge in [0, 0.05) is 18.2 Å². The second kappa shape index (κ2) is 4.35. The van der Waals surface area contributed by atoms with Gasteiger partial charge in [-0.3, -0.25) is 0 Å². The van der Waals surface area contributed by atoms with Crippen LogP contribution < -0.4 is 5.32 Å². The zero-order chi connectivity index (χ0) is 12.6. The largest absolute Gasteiger partial charge is 0.317 e. The molecule has 3 rings (SSSR count). The predicted octanol–water partition coefficient (Wildman–Crippen LogP) is 2.09. The number of piperidine rings is 1. The zero-order valence-electron chi connectivity index (χ0n) is 11.1. The molecule has 18 heavy (non-hydrogen) atoms. The first-order valence-corrected chi connectivity index (χ1v) is 6.77. The van der Waals surface area contributed by atoms with E-state index in [-0.39, 0.29) is 5.41 Å². The van der Waals surface area contributed by atoms with Crippen LogP contribution in [0.4, 0.5) is 0 Å². The maximum absolute atomic E-state index is 4.85. The maximum Gasteiger partial charge on any atom is 0.159 e. The molecule has 0 spiro atoms. The molecule has 3 heterocycles. The van der Waals surface area contributed by atoms with Gasteiger partial charge in [0.05, 0.1) is 0 Å². The van der Waals surface area contributed by atoms with E-state index >= 15 is 0 Å². The summed E-state index contributed by atoms with van der Waals surface area (Å²) in [4.78, 5) is 9.34. The van der Waals surface area contributed by atoms with Crippen LogP contribution in [-0.4, -0.2) is 27.6 Å². The average Bonchev–Trinajstić information content (AvgIpc) is 2.79. The van der Waals surface area contributed by atoms with Crippen LogP contribution in [0.15, 0.2) is 18.3 Å². The summed E-state index contributed by atoms with van der Waals surface area (Å²) in [6.07, 6.45) is 4.15. The summed E-state index contributed by atoms with van der Waals surface area (Å²) >= 11 is 0. The number of rotatable bonds is 2. The SMILES string of the molecule is CCn1c(C2(C)CCNCC2)nc2cccnc21. The molecule has 0 unspecified atom stereocenters. The minimum absolute atomic E-state index is 0.182. The van der Waals surface area contributed by atoms with Gasteiger partial charge in [0.15, 0.2) is 5.65 Å². The lowest BCUT2D eigenvalue weighted by atomic mass is 9.80. The lowest BCUT2D eigenvalue weighted by molar-refractivity contribution is 0.310. The topological polar surface area (TPSA) is 42.7 Å². The molecule has 4 nitrogen and oxygen atoms in total. The van der Waals surface area contributed by atoms with Gasteiger partial charge in [-0.2, -0.15) is 0 Å². The third kappa shape index (κ3) is 1.72. The van der Waals surface area contributed by atoms with E-state index in [1.54, 1.807) is 0 Å². The van der Waals surface area contributed by atoms with Crippen molar-refractivity contribution in [2.45, 2.75) is 38.6 Å². The normalized spacial score (nSPS) is 19.2. The highest BCUT2D eigenvalue weighted by atomic mass is 15.1. The molecule has 0 aromatic carbocycles. The van der Waals surface area contributed by atoms with Crippen LogP contribution in [0, 0.1) is 0 Å². The van der Waals surface area contributed by atoms with Crippen molar-refractivity contribution in [3.8, 4) is 0 Å². The molecule has 0 amide bonds. The van der Waals surface area contributed by atoms with E-state index in [0.29, 0.717) is 0 Å². The molecule has 2 aromatic heterocycles. The lowest BCUT2D eigenvalue weighted by Gasteiger charge is -2.33. The molecule has 0 bridgehead atoms. The second-order valence-corrected chi connectivity index (χ2v) is 5.34. The standard InChI is InChI=1S/C14H20N4/c1-3-18-12-11(5-4-8-16-12)17-13(18)14(2)6-9-15-10-7-14/h4-5,8,15H,3,6-7,9-10H2,1-2H3. The number of pyridine rings is 1. The van der Waals surface area contributed by atoms with Crippen LogP contribution in [0.3, 0.4) is 0 Å². The fourth-order valence-corrected chi connectivity index (χ4v) is 2.92. The number of fused-ring (bicyclic) bond motifs is 1. The fraction of sp³-hybridized carbons (Fsp3) is 0.571. The molecule has 1 fully saturated rings. The fourth-order valence-electron chi connectivity index (χ4n) is 2.92. The molecule has 0 aliphatic carbocycles. The zero-order valence-corrected chi connectivity index (χ0v) is 11.1. The van der Waals surface area contributed by atoms with Crippen LogP contribution in [0.5, 0.6) is 0 Å². The Morgan fingerprint density at radius 2 is 2.17 bits per heavy atom. The number of hydrogen-bond donors (Lipinski definition) is 1. The quantitative estimate of drug-likeness (QED) is 0.879. The molecular weight excluding hydrogens is 224 g/mol. The highest BCUT2D eigenvalue weighted by Crippen LogP contribution is 2.33. The molecule has 1 aliphatic heterocycles. The van der Waals surface area contributed by atoms with Crippen LogP contribution in [0.1, 0.15) is 32.5 Å². The first-order valence-electron chi connectivity index (χ1n) is 6.77. The van der Waals surface area contributed by atoms with Crippen LogP contribution >= 0.6 is 0 Å². The van der Waals surface area contributed by atoms with Gasteiger partial charge in [-0.15, -0.1) is 0 Å². The van der Waals surface area contributed by atoms with E-state index in [9.17, 15) is 0 Å². The Morgan fingerprint density at radius 3 is 2.89 bits per heavy atom. The van der Waals surface area contributed by atoms with E-state index in [2.05, 4.69) is 34.8 Å². The minimum Gasteiger partial charge on any atom is -0.317 e. The van der Waals surface area contributed by atoms with Crippen LogP contribution in [0.2, 0.25) is 0 Å². The Labute approximate surface area is 107 Å². The monoisotopic (exact) mass is 244 g/mol. The van der Waals surface area contributed by atoms with Crippen molar-refractivity contribution in [1.82, 2.24) is 19.9 Å². The van der Waals surface area contributed by atoms with E-state index < -0.39 is 0 Å². The molecule has 96 valence electrons. The molecule has 2 aromatic rings. The molecule has 1 aliphatic rings. The molecule has 0 radical (unpaired) electrons. The third-order valence-corrected chi connectivity index (χ3v) is 4.07. The van der Waals surface area contributed by atoms with Gasteiger partial charge in [0.1, 0.15) is 11.3 Å². The Balaban J connectivity index is 2.15. The van der Waals surface area contributed by atoms with Crippen molar-refractivity contribution in [3.05, 3.63) is 24.2 Å². The Bertz CT molecular complexity index is 552. The number of nitrogens with zero attached hydrogens (tertiary/aromatic N) is 3. The number of aryl methyl sites for hydroxylation is 1. The number of aromatic nitrogens is 3. The molecule has 1 N–H and O–H groups in total. The summed E-state index contributed by atoms with van der Waals surface area (Å²) in [7, 11) is 0. The summed E-state index contributed by atoms with van der Waals surface area (Å²) in [6.45, 7) is 7.60. The smallest absolute Gasteiger partial charge is 0.159 e. The molecule has 1 saturated heterocycles. The number of imidazole rings is 1. The predicted molar refractivity (Wildman–Crippen MR) is 72.7 cm³/mol. The van der Waals surface area contributed by atoms with Crippen molar-refractivity contribution < 1.29 is 0 Å². The highest BCUT2D eigenvalue weighted by molar-refractivity contribution is 5.71. The van der Waals surface area contributed by atoms with Crippen molar-refractivity contribution in [2.24, 2.45) is 0 Å². The third-order valence-electron chi connectivity index (χ3n) is 4.07. The van der Waals surface area contributed by atoms with Gasteiger partial charge in [-0.1, -0.05) is 6.92 Å². The Kier molecular flexibility index (Phi) is 2.82. The van der Waals surface area contributed by atoms with Crippen molar-refractivity contribution in [2.75, 3.05) is 13.1 Å². The number of nitrogens with one attached hydrogen (secondary N) is 1. The summed E-state index contributed by atoms with van der Waals surface area (Å²) in [5, 5.41) is 3.43. The van der Waals surface area contributed by atoms with Gasteiger partial charge in [-0.05, 0) is 45.0 Å². The lowest BCUT2D eigenvalue weighted by Crippen LogP contribution is -2.39. The van der Waals surface area contributed by atoms with Gasteiger partial charge in [0.2, 0.25) is 0 Å². The van der Waals surface area contributed by atoms with E-state index in [4.69, 9.17) is 4.98 Å². The first-order chi connectivity index (χ1) is 8.74. The number of hydrogen-bond acceptors (Lipinski definition) is 3. The van der Waals surface area contributed by atoms with Gasteiger partial charge in [-0.25, -0.2) is 9.97 Å². The molecule has 0 saturated carbocycles. The van der Waals surface area contributed by atoms with E-state index in [1.165, 1.54) is 5.82 Å². The van der Waals surface area contributed by atoms with Gasteiger partial charge in [0.25, 0.3) is 0 Å². The summed E-state index contributed by atoms with van der Waals surface area (Å²) in [5.74, 6) is 1.21. The summed E-state index contributed by atoms with van der Waals surface area (Å²) in [6, 6.07) is 4.02. The average molecular weight is 244 g/mol. The minimum atomic E-state index is 0.182. The summed E-state index contributed by atoms with van der Waals surface area (Å²) in [5.41, 5.74) is 2.23. The highest BCUT2D eigenvalue weighted by Gasteiger charge is 2.33.